The van der Waals surface area contributed by atoms with Crippen LogP contribution in [0.3, 0.4) is 0 Å². The number of rotatable bonds is 15. The Balaban J connectivity index is 1.24. The van der Waals surface area contributed by atoms with Gasteiger partial charge in [-0.15, -0.1) is 15.0 Å². The van der Waals surface area contributed by atoms with Crippen molar-refractivity contribution in [2.75, 3.05) is 19.7 Å². The fourth-order valence-electron chi connectivity index (χ4n) is 6.69. The Kier molecular flexibility index (Phi) is 11.7. The van der Waals surface area contributed by atoms with Gasteiger partial charge in [0.15, 0.2) is 11.4 Å². The smallest absolute Gasteiger partial charge is 0.325 e. The third-order valence-electron chi connectivity index (χ3n) is 9.33. The van der Waals surface area contributed by atoms with Crippen molar-refractivity contribution in [1.29, 1.82) is 0 Å². The van der Waals surface area contributed by atoms with Gasteiger partial charge in [0.05, 0.1) is 6.61 Å². The number of tetrazole rings is 1. The SMILES string of the molecule is CCOC(=O)CN(CCCc1nnn(C(c2ccccc2)(c2ccccc2)c2ccccc2)n1)C(=O)[C@@H](NC(=O)c1ccc2ccccc2c1)C(C)C. The average molecular weight is 709 g/mol. The van der Waals surface area contributed by atoms with Crippen molar-refractivity contribution in [2.45, 2.75) is 45.2 Å². The molecule has 6 aromatic rings. The highest BCUT2D eigenvalue weighted by atomic mass is 16.5. The molecule has 10 nitrogen and oxygen atoms in total. The van der Waals surface area contributed by atoms with E-state index in [9.17, 15) is 14.4 Å². The minimum atomic E-state index is -0.908. The van der Waals surface area contributed by atoms with Gasteiger partial charge in [-0.1, -0.05) is 135 Å². The number of nitrogens with one attached hydrogen (secondary N) is 1. The van der Waals surface area contributed by atoms with Crippen molar-refractivity contribution in [3.63, 3.8) is 0 Å². The first-order valence-electron chi connectivity index (χ1n) is 18.0. The largest absolute Gasteiger partial charge is 0.465 e. The Morgan fingerprint density at radius 1 is 0.774 bits per heavy atom. The number of aromatic nitrogens is 4. The molecule has 53 heavy (non-hydrogen) atoms. The van der Waals surface area contributed by atoms with E-state index in [1.807, 2.05) is 105 Å². The molecule has 1 aromatic heterocycles. The number of carbonyl (C=O) groups excluding carboxylic acids is 3. The van der Waals surface area contributed by atoms with Crippen LogP contribution in [-0.4, -0.2) is 68.6 Å². The number of hydrogen-bond donors (Lipinski definition) is 1. The maximum absolute atomic E-state index is 14.1. The predicted octanol–water partition coefficient (Wildman–Crippen LogP) is 6.45. The van der Waals surface area contributed by atoms with Gasteiger partial charge in [0.25, 0.3) is 5.91 Å². The first-order chi connectivity index (χ1) is 25.8. The van der Waals surface area contributed by atoms with E-state index in [0.717, 1.165) is 27.5 Å². The van der Waals surface area contributed by atoms with Gasteiger partial charge in [0.1, 0.15) is 12.6 Å². The fourth-order valence-corrected chi connectivity index (χ4v) is 6.69. The molecule has 1 atom stereocenters. The summed E-state index contributed by atoms with van der Waals surface area (Å²) in [6, 6.07) is 42.6. The molecule has 0 radical (unpaired) electrons. The van der Waals surface area contributed by atoms with E-state index in [1.165, 1.54) is 4.90 Å². The summed E-state index contributed by atoms with van der Waals surface area (Å²) >= 11 is 0. The van der Waals surface area contributed by atoms with E-state index in [0.29, 0.717) is 24.2 Å². The lowest BCUT2D eigenvalue weighted by molar-refractivity contribution is -0.149. The van der Waals surface area contributed by atoms with Crippen molar-refractivity contribution < 1.29 is 19.1 Å². The molecular formula is C43H44N6O4. The summed E-state index contributed by atoms with van der Waals surface area (Å²) in [7, 11) is 0. The quantitative estimate of drug-likeness (QED) is 0.0963. The van der Waals surface area contributed by atoms with Crippen LogP contribution >= 0.6 is 0 Å². The maximum atomic E-state index is 14.1. The van der Waals surface area contributed by atoms with Gasteiger partial charge in [-0.25, -0.2) is 0 Å². The number of amides is 2. The number of fused-ring (bicyclic) bond motifs is 1. The molecular weight excluding hydrogens is 665 g/mol. The highest BCUT2D eigenvalue weighted by Crippen LogP contribution is 2.39. The van der Waals surface area contributed by atoms with Gasteiger partial charge >= 0.3 is 5.97 Å². The normalized spacial score (nSPS) is 12.0. The number of hydrogen-bond acceptors (Lipinski definition) is 7. The predicted molar refractivity (Wildman–Crippen MR) is 204 cm³/mol. The van der Waals surface area contributed by atoms with Gasteiger partial charge in [-0.3, -0.25) is 14.4 Å². The second kappa shape index (κ2) is 16.9. The molecule has 6 rings (SSSR count). The van der Waals surface area contributed by atoms with Crippen molar-refractivity contribution in [2.24, 2.45) is 5.92 Å². The first-order valence-corrected chi connectivity index (χ1v) is 18.0. The molecule has 270 valence electrons. The molecule has 0 saturated heterocycles. The summed E-state index contributed by atoms with van der Waals surface area (Å²) in [6.45, 7) is 5.61. The van der Waals surface area contributed by atoms with E-state index >= 15 is 0 Å². The standard InChI is InChI=1S/C43H44N6O4/c1-4-53-39(50)30-48(42(52)40(31(2)3)44-41(51)34-27-26-32-17-14-15-18-33(32)29-34)28-16-25-38-45-47-49(46-38)43(35-19-8-5-9-20-35,36-21-10-6-11-22-36)37-23-12-7-13-24-37/h5-15,17-24,26-27,29,31,40H,4,16,25,28,30H2,1-3H3,(H,44,51)/t40-/m0/s1. The van der Waals surface area contributed by atoms with Crippen LogP contribution in [0.5, 0.6) is 0 Å². The highest BCUT2D eigenvalue weighted by molar-refractivity contribution is 6.01. The van der Waals surface area contributed by atoms with Crippen molar-refractivity contribution in [1.82, 2.24) is 30.4 Å². The second-order valence-corrected chi connectivity index (χ2v) is 13.2. The van der Waals surface area contributed by atoms with Gasteiger partial charge in [-0.2, -0.15) is 0 Å². The molecule has 0 aliphatic carbocycles. The van der Waals surface area contributed by atoms with Crippen LogP contribution < -0.4 is 5.32 Å². The molecule has 5 aromatic carbocycles. The Morgan fingerprint density at radius 3 is 1.91 bits per heavy atom. The van der Waals surface area contributed by atoms with Gasteiger partial charge in [0.2, 0.25) is 5.91 Å². The summed E-state index contributed by atoms with van der Waals surface area (Å²) in [5, 5.41) is 18.9. The molecule has 0 aliphatic rings. The number of ether oxygens (including phenoxy) is 1. The van der Waals surface area contributed by atoms with Crippen LogP contribution in [0, 0.1) is 5.92 Å². The van der Waals surface area contributed by atoms with E-state index in [2.05, 4.69) is 52.0 Å². The summed E-state index contributed by atoms with van der Waals surface area (Å²) in [5.74, 6) is -1.01. The lowest BCUT2D eigenvalue weighted by Gasteiger charge is -2.34. The van der Waals surface area contributed by atoms with Crippen molar-refractivity contribution in [3.8, 4) is 0 Å². The average Bonchev–Trinajstić information content (AvgIpc) is 3.66. The summed E-state index contributed by atoms with van der Waals surface area (Å²) < 4.78 is 5.23. The zero-order valence-corrected chi connectivity index (χ0v) is 30.3. The van der Waals surface area contributed by atoms with E-state index in [-0.39, 0.29) is 37.4 Å². The molecule has 0 saturated carbocycles. The molecule has 1 heterocycles. The topological polar surface area (TPSA) is 119 Å². The molecule has 10 heteroatoms. The zero-order valence-electron chi connectivity index (χ0n) is 30.3. The highest BCUT2D eigenvalue weighted by Gasteiger charge is 2.41. The fraction of sp³-hybridized carbons (Fsp3) is 0.256. The van der Waals surface area contributed by atoms with Crippen LogP contribution in [0.15, 0.2) is 133 Å². The van der Waals surface area contributed by atoms with Crippen LogP contribution in [0.2, 0.25) is 0 Å². The third-order valence-corrected chi connectivity index (χ3v) is 9.33. The van der Waals surface area contributed by atoms with Gasteiger partial charge in [0, 0.05) is 18.5 Å². The first kappa shape index (κ1) is 36.6. The van der Waals surface area contributed by atoms with Crippen molar-refractivity contribution in [3.05, 3.63) is 162 Å². The Hall–Kier alpha value is -6.16. The molecule has 1 N–H and O–H groups in total. The monoisotopic (exact) mass is 708 g/mol. The van der Waals surface area contributed by atoms with Crippen LogP contribution in [0.25, 0.3) is 10.8 Å². The van der Waals surface area contributed by atoms with E-state index < -0.39 is 17.6 Å². The minimum absolute atomic E-state index is 0.187. The van der Waals surface area contributed by atoms with Crippen LogP contribution in [0.1, 0.15) is 60.1 Å². The lowest BCUT2D eigenvalue weighted by atomic mass is 9.77. The van der Waals surface area contributed by atoms with Crippen LogP contribution in [-0.2, 0) is 26.3 Å². The Bertz CT molecular complexity index is 2040. The number of esters is 1. The Labute approximate surface area is 309 Å². The molecule has 0 spiro atoms. The maximum Gasteiger partial charge on any atom is 0.325 e. The van der Waals surface area contributed by atoms with E-state index in [4.69, 9.17) is 9.84 Å². The summed E-state index contributed by atoms with van der Waals surface area (Å²) in [5.41, 5.74) is 2.45. The number of carbonyl (C=O) groups is 3. The molecule has 2 amide bonds. The molecule has 0 bridgehead atoms. The number of benzene rings is 5. The van der Waals surface area contributed by atoms with E-state index in [1.54, 1.807) is 17.8 Å². The van der Waals surface area contributed by atoms with Crippen LogP contribution in [0.4, 0.5) is 0 Å². The summed E-state index contributed by atoms with van der Waals surface area (Å²) in [6.07, 6.45) is 0.826. The molecule has 0 unspecified atom stereocenters. The Morgan fingerprint density at radius 2 is 1.34 bits per heavy atom. The zero-order chi connectivity index (χ0) is 37.2. The molecule has 0 fully saturated rings. The number of aryl methyl sites for hydroxylation is 1. The lowest BCUT2D eigenvalue weighted by Crippen LogP contribution is -2.52. The molecule has 0 aliphatic heterocycles. The van der Waals surface area contributed by atoms with Crippen molar-refractivity contribution >= 4 is 28.6 Å². The summed E-state index contributed by atoms with van der Waals surface area (Å²) in [4.78, 5) is 43.4. The van der Waals surface area contributed by atoms with Gasteiger partial charge < -0.3 is 15.0 Å². The second-order valence-electron chi connectivity index (χ2n) is 13.2. The minimum Gasteiger partial charge on any atom is -0.465 e. The van der Waals surface area contributed by atoms with Gasteiger partial charge in [-0.05, 0) is 64.1 Å². The number of nitrogens with zero attached hydrogens (tertiary/aromatic N) is 5. The third kappa shape index (κ3) is 8.17.